The van der Waals surface area contributed by atoms with Gasteiger partial charge in [-0.2, -0.15) is 5.10 Å². The molecule has 2 heterocycles. The number of hydrogen-bond acceptors (Lipinski definition) is 5. The summed E-state index contributed by atoms with van der Waals surface area (Å²) in [5.74, 6) is -0.266. The van der Waals surface area contributed by atoms with E-state index < -0.39 is 5.97 Å². The third kappa shape index (κ3) is 2.86. The molecule has 6 nitrogen and oxygen atoms in total. The largest absolute Gasteiger partial charge is 0.481 e. The number of carboxylic acids is 1. The molecule has 7 heteroatoms. The first kappa shape index (κ1) is 12.6. The van der Waals surface area contributed by atoms with E-state index >= 15 is 0 Å². The van der Waals surface area contributed by atoms with Gasteiger partial charge in [0.25, 0.3) is 0 Å². The lowest BCUT2D eigenvalue weighted by Gasteiger charge is -2.03. The zero-order chi connectivity index (χ0) is 13.1. The predicted octanol–water partition coefficient (Wildman–Crippen LogP) is 1.46. The zero-order valence-corrected chi connectivity index (χ0v) is 10.8. The minimum atomic E-state index is -0.871. The Morgan fingerprint density at radius 3 is 2.67 bits per heavy atom. The van der Waals surface area contributed by atoms with E-state index in [0.717, 1.165) is 23.1 Å². The normalized spacial score (nSPS) is 10.6. The molecule has 18 heavy (non-hydrogen) atoms. The van der Waals surface area contributed by atoms with E-state index in [4.69, 9.17) is 5.11 Å². The number of aromatic nitrogens is 4. The lowest BCUT2D eigenvalue weighted by molar-refractivity contribution is -0.133. The Morgan fingerprint density at radius 1 is 1.39 bits per heavy atom. The highest BCUT2D eigenvalue weighted by atomic mass is 32.2. The van der Waals surface area contributed by atoms with Crippen molar-refractivity contribution in [2.24, 2.45) is 0 Å². The molecule has 2 rings (SSSR count). The first-order chi connectivity index (χ1) is 8.56. The number of thioether (sulfide) groups is 1. The van der Waals surface area contributed by atoms with Gasteiger partial charge >= 0.3 is 5.97 Å². The van der Waals surface area contributed by atoms with Crippen LogP contribution in [0.3, 0.4) is 0 Å². The van der Waals surface area contributed by atoms with Gasteiger partial charge in [0, 0.05) is 5.69 Å². The predicted molar refractivity (Wildman–Crippen MR) is 67.0 cm³/mol. The molecule has 1 N–H and O–H groups in total. The quantitative estimate of drug-likeness (QED) is 0.842. The standard InChI is InChI=1S/C11H12N4O2S/c1-7-5-8(2)15(14-7)9-3-4-10(13-12-9)18-6-11(16)17/h3-5H,6H2,1-2H3,(H,16,17). The summed E-state index contributed by atoms with van der Waals surface area (Å²) in [4.78, 5) is 10.4. The van der Waals surface area contributed by atoms with Crippen LogP contribution in [0.4, 0.5) is 0 Å². The molecular weight excluding hydrogens is 252 g/mol. The minimum Gasteiger partial charge on any atom is -0.481 e. The highest BCUT2D eigenvalue weighted by Gasteiger charge is 2.06. The van der Waals surface area contributed by atoms with Crippen molar-refractivity contribution in [3.8, 4) is 5.82 Å². The summed E-state index contributed by atoms with van der Waals surface area (Å²) < 4.78 is 1.70. The molecule has 2 aromatic rings. The van der Waals surface area contributed by atoms with Gasteiger partial charge in [-0.1, -0.05) is 11.8 Å². The number of hydrogen-bond donors (Lipinski definition) is 1. The molecule has 0 amide bonds. The van der Waals surface area contributed by atoms with Crippen LogP contribution in [-0.4, -0.2) is 36.8 Å². The molecule has 2 aromatic heterocycles. The number of aryl methyl sites for hydroxylation is 2. The molecule has 0 spiro atoms. The Bertz CT molecular complexity index is 565. The highest BCUT2D eigenvalue weighted by Crippen LogP contribution is 2.15. The van der Waals surface area contributed by atoms with Crippen LogP contribution in [0.2, 0.25) is 0 Å². The fourth-order valence-corrected chi connectivity index (χ4v) is 2.03. The smallest absolute Gasteiger partial charge is 0.313 e. The molecule has 0 bridgehead atoms. The molecular formula is C11H12N4O2S. The van der Waals surface area contributed by atoms with Crippen molar-refractivity contribution in [1.29, 1.82) is 0 Å². The van der Waals surface area contributed by atoms with Gasteiger partial charge in [0.2, 0.25) is 0 Å². The average Bonchev–Trinajstić information content (AvgIpc) is 2.66. The van der Waals surface area contributed by atoms with Crippen LogP contribution in [-0.2, 0) is 4.79 Å². The fourth-order valence-electron chi connectivity index (χ4n) is 1.50. The van der Waals surface area contributed by atoms with Gasteiger partial charge in [0.1, 0.15) is 5.03 Å². The van der Waals surface area contributed by atoms with Crippen molar-refractivity contribution in [1.82, 2.24) is 20.0 Å². The molecule has 0 aliphatic carbocycles. The average molecular weight is 264 g/mol. The van der Waals surface area contributed by atoms with Crippen LogP contribution >= 0.6 is 11.8 Å². The number of carboxylic acid groups (broad SMARTS) is 1. The number of aliphatic carboxylic acids is 1. The maximum absolute atomic E-state index is 10.4. The van der Waals surface area contributed by atoms with Gasteiger partial charge in [0.05, 0.1) is 11.4 Å². The number of rotatable bonds is 4. The van der Waals surface area contributed by atoms with Crippen molar-refractivity contribution < 1.29 is 9.90 Å². The van der Waals surface area contributed by atoms with Gasteiger partial charge in [-0.3, -0.25) is 4.79 Å². The SMILES string of the molecule is Cc1cc(C)n(-c2ccc(SCC(=O)O)nn2)n1. The maximum atomic E-state index is 10.4. The van der Waals surface area contributed by atoms with Gasteiger partial charge in [0.15, 0.2) is 5.82 Å². The summed E-state index contributed by atoms with van der Waals surface area (Å²) >= 11 is 1.14. The Labute approximate surface area is 108 Å². The monoisotopic (exact) mass is 264 g/mol. The maximum Gasteiger partial charge on any atom is 0.313 e. The van der Waals surface area contributed by atoms with Crippen molar-refractivity contribution >= 4 is 17.7 Å². The van der Waals surface area contributed by atoms with E-state index in [2.05, 4.69) is 15.3 Å². The third-order valence-corrected chi connectivity index (χ3v) is 3.10. The number of nitrogens with zero attached hydrogens (tertiary/aromatic N) is 4. The second-order valence-corrected chi connectivity index (χ2v) is 4.75. The van der Waals surface area contributed by atoms with Crippen molar-refractivity contribution in [3.63, 3.8) is 0 Å². The van der Waals surface area contributed by atoms with Crippen LogP contribution < -0.4 is 0 Å². The van der Waals surface area contributed by atoms with Crippen molar-refractivity contribution in [2.75, 3.05) is 5.75 Å². The second-order valence-electron chi connectivity index (χ2n) is 3.75. The van der Waals surface area contributed by atoms with E-state index in [9.17, 15) is 4.79 Å². The molecule has 0 unspecified atom stereocenters. The molecule has 0 aromatic carbocycles. The minimum absolute atomic E-state index is 0.0199. The molecule has 0 saturated heterocycles. The molecule has 0 fully saturated rings. The van der Waals surface area contributed by atoms with E-state index in [0.29, 0.717) is 10.8 Å². The summed E-state index contributed by atoms with van der Waals surface area (Å²) in [6, 6.07) is 5.47. The second kappa shape index (κ2) is 5.18. The molecule has 0 aliphatic heterocycles. The lowest BCUT2D eigenvalue weighted by Crippen LogP contribution is -2.04. The molecule has 0 atom stereocenters. The van der Waals surface area contributed by atoms with E-state index in [1.54, 1.807) is 16.8 Å². The fraction of sp³-hybridized carbons (Fsp3) is 0.273. The summed E-state index contributed by atoms with van der Waals surface area (Å²) in [7, 11) is 0. The van der Waals surface area contributed by atoms with Crippen LogP contribution in [0.25, 0.3) is 5.82 Å². The van der Waals surface area contributed by atoms with E-state index in [-0.39, 0.29) is 5.75 Å². The van der Waals surface area contributed by atoms with Crippen molar-refractivity contribution in [2.45, 2.75) is 18.9 Å². The van der Waals surface area contributed by atoms with Gasteiger partial charge < -0.3 is 5.11 Å². The Kier molecular flexibility index (Phi) is 3.61. The van der Waals surface area contributed by atoms with E-state index in [1.807, 2.05) is 19.9 Å². The first-order valence-corrected chi connectivity index (χ1v) is 6.27. The Balaban J connectivity index is 2.17. The topological polar surface area (TPSA) is 80.9 Å². The van der Waals surface area contributed by atoms with Crippen LogP contribution in [0.1, 0.15) is 11.4 Å². The Hall–Kier alpha value is -1.89. The molecule has 0 aliphatic rings. The van der Waals surface area contributed by atoms with Gasteiger partial charge in [-0.05, 0) is 32.0 Å². The van der Waals surface area contributed by atoms with Crippen LogP contribution in [0, 0.1) is 13.8 Å². The van der Waals surface area contributed by atoms with Crippen molar-refractivity contribution in [3.05, 3.63) is 29.6 Å². The molecule has 94 valence electrons. The van der Waals surface area contributed by atoms with E-state index in [1.165, 1.54) is 0 Å². The van der Waals surface area contributed by atoms with Crippen LogP contribution in [0.15, 0.2) is 23.2 Å². The lowest BCUT2D eigenvalue weighted by atomic mass is 10.4. The van der Waals surface area contributed by atoms with Gasteiger partial charge in [-0.25, -0.2) is 4.68 Å². The summed E-state index contributed by atoms with van der Waals surface area (Å²) in [6.07, 6.45) is 0. The highest BCUT2D eigenvalue weighted by molar-refractivity contribution is 7.99. The zero-order valence-electron chi connectivity index (χ0n) is 9.99. The molecule has 0 saturated carbocycles. The third-order valence-electron chi connectivity index (χ3n) is 2.20. The first-order valence-electron chi connectivity index (χ1n) is 5.28. The van der Waals surface area contributed by atoms with Crippen LogP contribution in [0.5, 0.6) is 0 Å². The van der Waals surface area contributed by atoms with Gasteiger partial charge in [-0.15, -0.1) is 10.2 Å². The Morgan fingerprint density at radius 2 is 2.17 bits per heavy atom. The summed E-state index contributed by atoms with van der Waals surface area (Å²) in [6.45, 7) is 3.85. The summed E-state index contributed by atoms with van der Waals surface area (Å²) in [5.41, 5.74) is 1.89. The summed E-state index contributed by atoms with van der Waals surface area (Å²) in [5, 5.41) is 21.5. The molecule has 0 radical (unpaired) electrons. The number of carbonyl (C=O) groups is 1.